The third-order valence-corrected chi connectivity index (χ3v) is 3.86. The minimum atomic E-state index is -0.488. The molecule has 1 aliphatic rings. The molecule has 0 saturated carbocycles. The van der Waals surface area contributed by atoms with Gasteiger partial charge in [0.1, 0.15) is 18.0 Å². The van der Waals surface area contributed by atoms with E-state index < -0.39 is 5.60 Å². The van der Waals surface area contributed by atoms with Crippen LogP contribution in [0.1, 0.15) is 45.6 Å². The molecular formula is C19H25ClN2O3. The average molecular weight is 365 g/mol. The molecule has 136 valence electrons. The molecule has 0 aromatic carbocycles. The van der Waals surface area contributed by atoms with Gasteiger partial charge in [0, 0.05) is 30.6 Å². The topological polar surface area (TPSA) is 51.7 Å². The van der Waals surface area contributed by atoms with E-state index in [0.717, 1.165) is 24.8 Å². The van der Waals surface area contributed by atoms with E-state index in [2.05, 4.69) is 16.8 Å². The molecule has 25 heavy (non-hydrogen) atoms. The Hall–Kier alpha value is -1.93. The Balaban J connectivity index is 1.84. The molecule has 1 fully saturated rings. The number of amides is 1. The van der Waals surface area contributed by atoms with Crippen LogP contribution in [0, 0.1) is 11.8 Å². The lowest BCUT2D eigenvalue weighted by Gasteiger charge is -2.40. The highest BCUT2D eigenvalue weighted by atomic mass is 35.5. The van der Waals surface area contributed by atoms with Crippen LogP contribution in [-0.2, 0) is 4.74 Å². The molecule has 0 radical (unpaired) electrons. The van der Waals surface area contributed by atoms with Gasteiger partial charge in [-0.05, 0) is 39.7 Å². The van der Waals surface area contributed by atoms with Crippen molar-refractivity contribution in [3.05, 3.63) is 24.0 Å². The van der Waals surface area contributed by atoms with E-state index in [-0.39, 0.29) is 12.1 Å². The zero-order valence-electron chi connectivity index (χ0n) is 15.0. The average Bonchev–Trinajstić information content (AvgIpc) is 2.49. The molecule has 1 aliphatic heterocycles. The fourth-order valence-corrected chi connectivity index (χ4v) is 2.39. The normalized spacial score (nSPS) is 16.5. The van der Waals surface area contributed by atoms with E-state index in [1.54, 1.807) is 17.3 Å². The molecule has 1 saturated heterocycles. The largest absolute Gasteiger partial charge is 0.490 e. The molecule has 5 nitrogen and oxygen atoms in total. The summed E-state index contributed by atoms with van der Waals surface area (Å²) in [4.78, 5) is 17.9. The SMILES string of the molecule is CC(C)(C)OC(=O)N1CC[C@H]1COc1cncc(C#CCCCCl)c1. The van der Waals surface area contributed by atoms with Gasteiger partial charge in [0.15, 0.2) is 0 Å². The second-order valence-electron chi connectivity index (χ2n) is 6.93. The van der Waals surface area contributed by atoms with Gasteiger partial charge in [-0.2, -0.15) is 0 Å². The highest BCUT2D eigenvalue weighted by Gasteiger charge is 2.35. The molecule has 2 heterocycles. The Bertz CT molecular complexity index is 646. The number of aromatic nitrogens is 1. The number of unbranched alkanes of at least 4 members (excludes halogenated alkanes) is 1. The van der Waals surface area contributed by atoms with Crippen LogP contribution in [0.4, 0.5) is 4.79 Å². The van der Waals surface area contributed by atoms with Crippen LogP contribution >= 0.6 is 11.6 Å². The summed E-state index contributed by atoms with van der Waals surface area (Å²) in [7, 11) is 0. The number of hydrogen-bond donors (Lipinski definition) is 0. The maximum absolute atomic E-state index is 12.1. The lowest BCUT2D eigenvalue weighted by molar-refractivity contribution is -0.0141. The van der Waals surface area contributed by atoms with Crippen molar-refractivity contribution in [2.24, 2.45) is 0 Å². The van der Waals surface area contributed by atoms with Crippen LogP contribution in [0.15, 0.2) is 18.5 Å². The maximum atomic E-state index is 12.1. The summed E-state index contributed by atoms with van der Waals surface area (Å²) in [6.45, 7) is 6.71. The molecule has 2 rings (SSSR count). The molecule has 0 bridgehead atoms. The van der Waals surface area contributed by atoms with E-state index in [1.807, 2.05) is 26.8 Å². The molecular weight excluding hydrogens is 340 g/mol. The molecule has 0 unspecified atom stereocenters. The smallest absolute Gasteiger partial charge is 0.410 e. The van der Waals surface area contributed by atoms with Gasteiger partial charge in [-0.25, -0.2) is 4.79 Å². The summed E-state index contributed by atoms with van der Waals surface area (Å²) < 4.78 is 11.2. The molecule has 1 amide bonds. The third kappa shape index (κ3) is 6.47. The van der Waals surface area contributed by atoms with Gasteiger partial charge in [0.05, 0.1) is 12.2 Å². The van der Waals surface area contributed by atoms with Crippen molar-refractivity contribution in [3.8, 4) is 17.6 Å². The van der Waals surface area contributed by atoms with Gasteiger partial charge >= 0.3 is 6.09 Å². The van der Waals surface area contributed by atoms with Crippen LogP contribution in [-0.4, -0.2) is 46.7 Å². The van der Waals surface area contributed by atoms with Crippen molar-refractivity contribution in [1.29, 1.82) is 0 Å². The van der Waals surface area contributed by atoms with Crippen molar-refractivity contribution in [2.75, 3.05) is 19.0 Å². The summed E-state index contributed by atoms with van der Waals surface area (Å²) in [6, 6.07) is 1.89. The molecule has 0 spiro atoms. The molecule has 1 aromatic heterocycles. The van der Waals surface area contributed by atoms with Crippen molar-refractivity contribution < 1.29 is 14.3 Å². The van der Waals surface area contributed by atoms with Crippen LogP contribution in [0.3, 0.4) is 0 Å². The van der Waals surface area contributed by atoms with Gasteiger partial charge in [-0.1, -0.05) is 11.8 Å². The fraction of sp³-hybridized carbons (Fsp3) is 0.579. The Kier molecular flexibility index (Phi) is 6.95. The molecule has 0 aliphatic carbocycles. The minimum absolute atomic E-state index is 0.0355. The molecule has 1 aromatic rings. The highest BCUT2D eigenvalue weighted by Crippen LogP contribution is 2.22. The zero-order valence-corrected chi connectivity index (χ0v) is 15.8. The minimum Gasteiger partial charge on any atom is -0.490 e. The zero-order chi connectivity index (χ0) is 18.3. The van der Waals surface area contributed by atoms with Gasteiger partial charge in [0.25, 0.3) is 0 Å². The van der Waals surface area contributed by atoms with Crippen LogP contribution in [0.2, 0.25) is 0 Å². The van der Waals surface area contributed by atoms with E-state index in [4.69, 9.17) is 21.1 Å². The number of halogens is 1. The second kappa shape index (κ2) is 8.96. The number of carbonyl (C=O) groups excluding carboxylic acids is 1. The van der Waals surface area contributed by atoms with E-state index in [0.29, 0.717) is 24.8 Å². The molecule has 0 N–H and O–H groups in total. The van der Waals surface area contributed by atoms with Gasteiger partial charge in [0.2, 0.25) is 0 Å². The first-order chi connectivity index (χ1) is 11.9. The second-order valence-corrected chi connectivity index (χ2v) is 7.31. The Labute approximate surface area is 154 Å². The summed E-state index contributed by atoms with van der Waals surface area (Å²) in [5.41, 5.74) is 0.322. The van der Waals surface area contributed by atoms with Crippen LogP contribution in [0.5, 0.6) is 5.75 Å². The van der Waals surface area contributed by atoms with Crippen LogP contribution < -0.4 is 4.74 Å². The van der Waals surface area contributed by atoms with E-state index in [1.165, 1.54) is 0 Å². The maximum Gasteiger partial charge on any atom is 0.410 e. The lowest BCUT2D eigenvalue weighted by atomic mass is 10.1. The molecule has 1 atom stereocenters. The fourth-order valence-electron chi connectivity index (χ4n) is 2.25. The molecule has 6 heteroatoms. The lowest BCUT2D eigenvalue weighted by Crippen LogP contribution is -2.55. The van der Waals surface area contributed by atoms with E-state index >= 15 is 0 Å². The van der Waals surface area contributed by atoms with Crippen molar-refractivity contribution >= 4 is 17.7 Å². The van der Waals surface area contributed by atoms with Crippen molar-refractivity contribution in [2.45, 2.75) is 51.7 Å². The van der Waals surface area contributed by atoms with Gasteiger partial charge in [-0.3, -0.25) is 4.98 Å². The number of nitrogens with zero attached hydrogens (tertiary/aromatic N) is 2. The number of carbonyl (C=O) groups is 1. The quantitative estimate of drug-likeness (QED) is 0.452. The number of likely N-dealkylation sites (tertiary alicyclic amines) is 1. The first-order valence-corrected chi connectivity index (χ1v) is 9.05. The Morgan fingerprint density at radius 2 is 2.24 bits per heavy atom. The highest BCUT2D eigenvalue weighted by molar-refractivity contribution is 6.17. The first-order valence-electron chi connectivity index (χ1n) is 8.51. The Morgan fingerprint density at radius 3 is 2.88 bits per heavy atom. The summed E-state index contributed by atoms with van der Waals surface area (Å²) in [5.74, 6) is 7.38. The van der Waals surface area contributed by atoms with Crippen LogP contribution in [0.25, 0.3) is 0 Å². The number of ether oxygens (including phenoxy) is 2. The number of alkyl halides is 1. The Morgan fingerprint density at radius 1 is 1.44 bits per heavy atom. The van der Waals surface area contributed by atoms with Gasteiger partial charge < -0.3 is 14.4 Å². The van der Waals surface area contributed by atoms with Crippen molar-refractivity contribution in [3.63, 3.8) is 0 Å². The van der Waals surface area contributed by atoms with E-state index in [9.17, 15) is 4.79 Å². The standard InChI is InChI=1S/C19H25ClN2O3/c1-19(2,3)25-18(23)22-10-8-16(22)14-24-17-11-15(12-21-13-17)7-5-4-6-9-20/h11-13,16H,4,6,8-10,14H2,1-3H3/t16-/m0/s1. The van der Waals surface area contributed by atoms with Crippen molar-refractivity contribution in [1.82, 2.24) is 9.88 Å². The first kappa shape index (κ1) is 19.4. The third-order valence-electron chi connectivity index (χ3n) is 3.60. The predicted octanol–water partition coefficient (Wildman–Crippen LogP) is 3.84. The predicted molar refractivity (Wildman–Crippen MR) is 97.9 cm³/mol. The number of hydrogen-bond acceptors (Lipinski definition) is 4. The summed E-state index contributed by atoms with van der Waals surface area (Å²) in [5, 5.41) is 0. The van der Waals surface area contributed by atoms with Gasteiger partial charge in [-0.15, -0.1) is 11.6 Å². The summed E-state index contributed by atoms with van der Waals surface area (Å²) >= 11 is 5.63. The summed E-state index contributed by atoms with van der Waals surface area (Å²) in [6.07, 6.45) is 5.62. The number of pyridine rings is 1. The monoisotopic (exact) mass is 364 g/mol. The number of rotatable bonds is 5.